The number of rotatable bonds is 10. The van der Waals surface area contributed by atoms with E-state index >= 15 is 0 Å². The highest BCUT2D eigenvalue weighted by molar-refractivity contribution is 7.99. The minimum atomic E-state index is -0.0147. The minimum absolute atomic E-state index is 0.0147. The number of hydrogen-bond donors (Lipinski definition) is 1. The van der Waals surface area contributed by atoms with E-state index in [1.807, 2.05) is 25.5 Å². The Morgan fingerprint density at radius 1 is 1.07 bits per heavy atom. The number of amides is 1. The molecule has 0 saturated heterocycles. The van der Waals surface area contributed by atoms with E-state index in [2.05, 4.69) is 41.5 Å². The summed E-state index contributed by atoms with van der Waals surface area (Å²) in [6.45, 7) is 8.34. The van der Waals surface area contributed by atoms with Crippen molar-refractivity contribution in [1.29, 1.82) is 0 Å². The molecular weight excluding hydrogens is 356 g/mol. The van der Waals surface area contributed by atoms with E-state index in [4.69, 9.17) is 0 Å². The summed E-state index contributed by atoms with van der Waals surface area (Å²) in [5.41, 5.74) is 4.31. The Labute approximate surface area is 167 Å². The Morgan fingerprint density at radius 3 is 2.41 bits per heavy atom. The van der Waals surface area contributed by atoms with Crippen LogP contribution in [0.25, 0.3) is 0 Å². The molecule has 0 saturated carbocycles. The third-order valence-electron chi connectivity index (χ3n) is 4.70. The van der Waals surface area contributed by atoms with Gasteiger partial charge in [0.15, 0.2) is 5.16 Å². The van der Waals surface area contributed by atoms with Gasteiger partial charge in [-0.1, -0.05) is 62.1 Å². The summed E-state index contributed by atoms with van der Waals surface area (Å²) in [6.07, 6.45) is 7.17. The first-order valence-corrected chi connectivity index (χ1v) is 10.8. The summed E-state index contributed by atoms with van der Waals surface area (Å²) in [4.78, 5) is 12.4. The van der Waals surface area contributed by atoms with Crippen molar-refractivity contribution < 1.29 is 4.79 Å². The van der Waals surface area contributed by atoms with Crippen LogP contribution in [0.5, 0.6) is 0 Å². The molecule has 0 aliphatic carbocycles. The normalized spacial score (nSPS) is 11.0. The van der Waals surface area contributed by atoms with Crippen molar-refractivity contribution >= 4 is 23.4 Å². The molecule has 148 valence electrons. The molecule has 27 heavy (non-hydrogen) atoms. The number of nitrogens with one attached hydrogen (secondary N) is 1. The second-order valence-electron chi connectivity index (χ2n) is 7.23. The lowest BCUT2D eigenvalue weighted by atomic mass is 10.1. The van der Waals surface area contributed by atoms with Crippen molar-refractivity contribution in [3.05, 3.63) is 34.6 Å². The zero-order valence-electron chi connectivity index (χ0n) is 17.3. The molecule has 0 spiro atoms. The molecule has 1 aromatic carbocycles. The summed E-state index contributed by atoms with van der Waals surface area (Å²) < 4.78 is 2.01. The number of anilines is 1. The second kappa shape index (κ2) is 10.5. The van der Waals surface area contributed by atoms with Crippen LogP contribution in [0.2, 0.25) is 0 Å². The molecule has 0 atom stereocenters. The van der Waals surface area contributed by atoms with Crippen molar-refractivity contribution in [2.75, 3.05) is 11.1 Å². The Morgan fingerprint density at radius 2 is 1.74 bits per heavy atom. The van der Waals surface area contributed by atoms with Gasteiger partial charge in [-0.15, -0.1) is 10.2 Å². The molecular formula is C21H32N4OS. The number of aromatic nitrogens is 3. The van der Waals surface area contributed by atoms with Gasteiger partial charge in [0.25, 0.3) is 0 Å². The van der Waals surface area contributed by atoms with Crippen molar-refractivity contribution in [2.24, 2.45) is 7.05 Å². The molecule has 5 nitrogen and oxygen atoms in total. The van der Waals surface area contributed by atoms with Crippen molar-refractivity contribution in [1.82, 2.24) is 14.8 Å². The van der Waals surface area contributed by atoms with E-state index in [1.165, 1.54) is 43.0 Å². The van der Waals surface area contributed by atoms with Crippen molar-refractivity contribution in [2.45, 2.75) is 71.4 Å². The molecule has 0 fully saturated rings. The van der Waals surface area contributed by atoms with Crippen LogP contribution in [-0.2, 0) is 18.3 Å². The van der Waals surface area contributed by atoms with Gasteiger partial charge in [0.05, 0.1) is 5.75 Å². The predicted octanol–water partition coefficient (Wildman–Crippen LogP) is 4.98. The smallest absolute Gasteiger partial charge is 0.234 e. The molecule has 1 aromatic heterocycles. The number of carbonyl (C=O) groups is 1. The maximum atomic E-state index is 12.4. The summed E-state index contributed by atoms with van der Waals surface area (Å²) >= 11 is 1.43. The van der Waals surface area contributed by atoms with Gasteiger partial charge in [-0.2, -0.15) is 0 Å². The topological polar surface area (TPSA) is 59.8 Å². The summed E-state index contributed by atoms with van der Waals surface area (Å²) in [5.74, 6) is 1.31. The van der Waals surface area contributed by atoms with Gasteiger partial charge in [-0.3, -0.25) is 4.79 Å². The van der Waals surface area contributed by atoms with Crippen LogP contribution in [-0.4, -0.2) is 26.4 Å². The van der Waals surface area contributed by atoms with Crippen molar-refractivity contribution in [3.63, 3.8) is 0 Å². The standard InChI is InChI=1S/C21H32N4OS/c1-6-7-8-9-10-11-18-23-24-21(25(18)5)27-14-19(26)22-20-16(3)12-15(2)13-17(20)4/h12-13H,6-11,14H2,1-5H3,(H,22,26). The fourth-order valence-corrected chi connectivity index (χ4v) is 3.99. The van der Waals surface area contributed by atoms with Gasteiger partial charge < -0.3 is 9.88 Å². The van der Waals surface area contributed by atoms with Crippen LogP contribution < -0.4 is 5.32 Å². The molecule has 0 radical (unpaired) electrons. The average molecular weight is 389 g/mol. The lowest BCUT2D eigenvalue weighted by Crippen LogP contribution is -2.16. The van der Waals surface area contributed by atoms with Crippen LogP contribution in [0, 0.1) is 20.8 Å². The zero-order valence-corrected chi connectivity index (χ0v) is 18.1. The molecule has 0 aliphatic rings. The van der Waals surface area contributed by atoms with E-state index in [-0.39, 0.29) is 5.91 Å². The molecule has 1 heterocycles. The van der Waals surface area contributed by atoms with Crippen LogP contribution in [0.1, 0.15) is 61.5 Å². The lowest BCUT2D eigenvalue weighted by Gasteiger charge is -2.12. The maximum absolute atomic E-state index is 12.4. The largest absolute Gasteiger partial charge is 0.325 e. The first-order valence-electron chi connectivity index (χ1n) is 9.81. The molecule has 2 aromatic rings. The van der Waals surface area contributed by atoms with E-state index in [0.717, 1.165) is 40.6 Å². The number of nitrogens with zero attached hydrogens (tertiary/aromatic N) is 3. The number of carbonyl (C=O) groups excluding carboxylic acids is 1. The number of aryl methyl sites for hydroxylation is 4. The molecule has 0 bridgehead atoms. The van der Waals surface area contributed by atoms with Gasteiger partial charge in [-0.25, -0.2) is 0 Å². The van der Waals surface area contributed by atoms with Crippen LogP contribution in [0.3, 0.4) is 0 Å². The summed E-state index contributed by atoms with van der Waals surface area (Å²) in [7, 11) is 1.98. The highest BCUT2D eigenvalue weighted by atomic mass is 32.2. The van der Waals surface area contributed by atoms with E-state index < -0.39 is 0 Å². The average Bonchev–Trinajstić information content (AvgIpc) is 2.96. The van der Waals surface area contributed by atoms with Crippen molar-refractivity contribution in [3.8, 4) is 0 Å². The van der Waals surface area contributed by atoms with Gasteiger partial charge >= 0.3 is 0 Å². The van der Waals surface area contributed by atoms with Gasteiger partial charge in [0.1, 0.15) is 5.82 Å². The monoisotopic (exact) mass is 388 g/mol. The Balaban J connectivity index is 1.85. The number of benzene rings is 1. The highest BCUT2D eigenvalue weighted by Gasteiger charge is 2.13. The van der Waals surface area contributed by atoms with Crippen LogP contribution >= 0.6 is 11.8 Å². The molecule has 1 amide bonds. The quantitative estimate of drug-likeness (QED) is 0.460. The van der Waals surface area contributed by atoms with Gasteiger partial charge in [-0.05, 0) is 38.3 Å². The number of unbranched alkanes of at least 4 members (excludes halogenated alkanes) is 4. The third kappa shape index (κ3) is 6.38. The highest BCUT2D eigenvalue weighted by Crippen LogP contribution is 2.23. The zero-order chi connectivity index (χ0) is 19.8. The van der Waals surface area contributed by atoms with Gasteiger partial charge in [0.2, 0.25) is 5.91 Å². The molecule has 6 heteroatoms. The van der Waals surface area contributed by atoms with Crippen LogP contribution in [0.4, 0.5) is 5.69 Å². The maximum Gasteiger partial charge on any atom is 0.234 e. The Kier molecular flexibility index (Phi) is 8.35. The summed E-state index contributed by atoms with van der Waals surface area (Å²) in [6, 6.07) is 4.18. The van der Waals surface area contributed by atoms with Crippen LogP contribution in [0.15, 0.2) is 17.3 Å². The Bertz CT molecular complexity index is 747. The molecule has 0 aliphatic heterocycles. The minimum Gasteiger partial charge on any atom is -0.325 e. The fraction of sp³-hybridized carbons (Fsp3) is 0.571. The van der Waals surface area contributed by atoms with E-state index in [1.54, 1.807) is 0 Å². The lowest BCUT2D eigenvalue weighted by molar-refractivity contribution is -0.113. The first-order chi connectivity index (χ1) is 12.9. The molecule has 0 unspecified atom stereocenters. The van der Waals surface area contributed by atoms with E-state index in [0.29, 0.717) is 5.75 Å². The van der Waals surface area contributed by atoms with E-state index in [9.17, 15) is 4.79 Å². The molecule has 2 rings (SSSR count). The summed E-state index contributed by atoms with van der Waals surface area (Å²) in [5, 5.41) is 12.4. The predicted molar refractivity (Wildman–Crippen MR) is 113 cm³/mol. The Hall–Kier alpha value is -1.82. The SMILES string of the molecule is CCCCCCCc1nnc(SCC(=O)Nc2c(C)cc(C)cc2C)n1C. The number of hydrogen-bond acceptors (Lipinski definition) is 4. The second-order valence-corrected chi connectivity index (χ2v) is 8.18. The number of thioether (sulfide) groups is 1. The van der Waals surface area contributed by atoms with Gasteiger partial charge in [0, 0.05) is 19.2 Å². The fourth-order valence-electron chi connectivity index (χ4n) is 3.26. The molecule has 1 N–H and O–H groups in total. The first kappa shape index (κ1) is 21.5. The third-order valence-corrected chi connectivity index (χ3v) is 5.72.